The summed E-state index contributed by atoms with van der Waals surface area (Å²) in [7, 11) is 1.58. The Labute approximate surface area is 123 Å². The lowest BCUT2D eigenvalue weighted by atomic mass is 10.2. The van der Waals surface area contributed by atoms with Gasteiger partial charge in [0, 0.05) is 19.3 Å². The molecule has 2 N–H and O–H groups in total. The smallest absolute Gasteiger partial charge is 0.234 e. The Balaban J connectivity index is 2.17. The molecule has 0 aliphatic heterocycles. The van der Waals surface area contributed by atoms with Gasteiger partial charge in [-0.2, -0.15) is 0 Å². The fraction of sp³-hybridized carbons (Fsp3) is 0.429. The third-order valence-corrected chi connectivity index (χ3v) is 3.36. The molecule has 0 aromatic heterocycles. The van der Waals surface area contributed by atoms with Gasteiger partial charge in [-0.05, 0) is 19.1 Å². The molecule has 1 aromatic rings. The van der Waals surface area contributed by atoms with E-state index in [1.165, 1.54) is 11.8 Å². The third-order valence-electron chi connectivity index (χ3n) is 2.43. The van der Waals surface area contributed by atoms with Crippen LogP contribution in [0.5, 0.6) is 0 Å². The Morgan fingerprint density at radius 3 is 2.45 bits per heavy atom. The molecule has 0 aliphatic rings. The van der Waals surface area contributed by atoms with Gasteiger partial charge in [-0.15, -0.1) is 11.8 Å². The molecule has 0 saturated carbocycles. The second-order valence-electron chi connectivity index (χ2n) is 4.25. The third kappa shape index (κ3) is 7.16. The van der Waals surface area contributed by atoms with E-state index in [0.29, 0.717) is 13.2 Å². The summed E-state index contributed by atoms with van der Waals surface area (Å²) in [4.78, 5) is 23.0. The van der Waals surface area contributed by atoms with Crippen molar-refractivity contribution in [3.63, 3.8) is 0 Å². The number of ether oxygens (including phenoxy) is 1. The molecule has 1 aromatic carbocycles. The van der Waals surface area contributed by atoms with Crippen LogP contribution in [0.15, 0.2) is 24.3 Å². The summed E-state index contributed by atoms with van der Waals surface area (Å²) in [6.45, 7) is 2.97. The van der Waals surface area contributed by atoms with Gasteiger partial charge in [0.05, 0.1) is 18.1 Å². The van der Waals surface area contributed by atoms with Crippen LogP contribution in [0, 0.1) is 6.92 Å². The Morgan fingerprint density at radius 1 is 1.15 bits per heavy atom. The van der Waals surface area contributed by atoms with E-state index in [2.05, 4.69) is 10.6 Å². The number of carbonyl (C=O) groups excluding carboxylic acids is 2. The van der Waals surface area contributed by atoms with Gasteiger partial charge in [0.1, 0.15) is 0 Å². The molecule has 0 saturated heterocycles. The number of aryl methyl sites for hydroxylation is 1. The molecule has 5 nitrogen and oxygen atoms in total. The zero-order valence-electron chi connectivity index (χ0n) is 11.8. The van der Waals surface area contributed by atoms with Crippen molar-refractivity contribution in [3.8, 4) is 0 Å². The lowest BCUT2D eigenvalue weighted by molar-refractivity contribution is -0.118. The van der Waals surface area contributed by atoms with E-state index in [9.17, 15) is 9.59 Å². The molecule has 2 amide bonds. The molecule has 110 valence electrons. The number of anilines is 1. The van der Waals surface area contributed by atoms with Crippen molar-refractivity contribution in [2.75, 3.05) is 37.1 Å². The maximum Gasteiger partial charge on any atom is 0.234 e. The number of rotatable bonds is 8. The summed E-state index contributed by atoms with van der Waals surface area (Å²) >= 11 is 1.28. The maximum atomic E-state index is 11.7. The van der Waals surface area contributed by atoms with Crippen molar-refractivity contribution >= 4 is 29.3 Å². The Bertz CT molecular complexity index is 435. The normalized spacial score (nSPS) is 10.1. The van der Waals surface area contributed by atoms with Gasteiger partial charge in [0.2, 0.25) is 11.8 Å². The molecule has 20 heavy (non-hydrogen) atoms. The number of benzene rings is 1. The minimum Gasteiger partial charge on any atom is -0.383 e. The van der Waals surface area contributed by atoms with Crippen molar-refractivity contribution in [2.45, 2.75) is 6.92 Å². The standard InChI is InChI=1S/C14H20N2O3S/c1-11-3-5-12(6-4-11)16-14(18)10-20-9-13(17)15-7-8-19-2/h3-6H,7-10H2,1-2H3,(H,15,17)(H,16,18). The molecular formula is C14H20N2O3S. The fourth-order valence-electron chi connectivity index (χ4n) is 1.41. The monoisotopic (exact) mass is 296 g/mol. The average Bonchev–Trinajstić information content (AvgIpc) is 2.42. The first-order valence-electron chi connectivity index (χ1n) is 6.31. The van der Waals surface area contributed by atoms with Crippen LogP contribution < -0.4 is 10.6 Å². The minimum absolute atomic E-state index is 0.0878. The van der Waals surface area contributed by atoms with Gasteiger partial charge >= 0.3 is 0 Å². The topological polar surface area (TPSA) is 67.4 Å². The number of hydrogen-bond acceptors (Lipinski definition) is 4. The molecule has 0 unspecified atom stereocenters. The fourth-order valence-corrected chi connectivity index (χ4v) is 2.06. The second kappa shape index (κ2) is 9.39. The summed E-state index contributed by atoms with van der Waals surface area (Å²) < 4.78 is 4.82. The summed E-state index contributed by atoms with van der Waals surface area (Å²) in [5.41, 5.74) is 1.91. The van der Waals surface area contributed by atoms with Crippen molar-refractivity contribution in [1.82, 2.24) is 5.32 Å². The molecule has 0 fully saturated rings. The van der Waals surface area contributed by atoms with Crippen molar-refractivity contribution < 1.29 is 14.3 Å². The number of amides is 2. The number of carbonyl (C=O) groups is 2. The van der Waals surface area contributed by atoms with E-state index in [1.54, 1.807) is 7.11 Å². The zero-order valence-corrected chi connectivity index (χ0v) is 12.6. The molecular weight excluding hydrogens is 276 g/mol. The van der Waals surface area contributed by atoms with Crippen LogP contribution in [0.25, 0.3) is 0 Å². The van der Waals surface area contributed by atoms with E-state index in [-0.39, 0.29) is 23.3 Å². The summed E-state index contributed by atoms with van der Waals surface area (Å²) in [5, 5.41) is 5.48. The van der Waals surface area contributed by atoms with E-state index >= 15 is 0 Å². The Hall–Kier alpha value is -1.53. The summed E-state index contributed by atoms with van der Waals surface area (Å²) in [6, 6.07) is 7.59. The van der Waals surface area contributed by atoms with Gasteiger partial charge in [0.25, 0.3) is 0 Å². The van der Waals surface area contributed by atoms with Crippen LogP contribution >= 0.6 is 11.8 Å². The number of hydrogen-bond donors (Lipinski definition) is 2. The zero-order chi connectivity index (χ0) is 14.8. The first kappa shape index (κ1) is 16.5. The number of methoxy groups -OCH3 is 1. The van der Waals surface area contributed by atoms with Gasteiger partial charge in [-0.1, -0.05) is 17.7 Å². The van der Waals surface area contributed by atoms with Crippen LogP contribution in [0.1, 0.15) is 5.56 Å². The first-order chi connectivity index (χ1) is 9.61. The Morgan fingerprint density at radius 2 is 1.80 bits per heavy atom. The van der Waals surface area contributed by atoms with Crippen LogP contribution in [0.2, 0.25) is 0 Å². The van der Waals surface area contributed by atoms with Gasteiger partial charge in [-0.3, -0.25) is 9.59 Å². The SMILES string of the molecule is COCCNC(=O)CSCC(=O)Nc1ccc(C)cc1. The largest absolute Gasteiger partial charge is 0.383 e. The highest BCUT2D eigenvalue weighted by Gasteiger charge is 2.05. The first-order valence-corrected chi connectivity index (χ1v) is 7.47. The van der Waals surface area contributed by atoms with Crippen LogP contribution in [0.4, 0.5) is 5.69 Å². The van der Waals surface area contributed by atoms with Gasteiger partial charge in [-0.25, -0.2) is 0 Å². The molecule has 0 aliphatic carbocycles. The molecule has 0 atom stereocenters. The highest BCUT2D eigenvalue weighted by atomic mass is 32.2. The van der Waals surface area contributed by atoms with Crippen LogP contribution in [-0.4, -0.2) is 43.6 Å². The lowest BCUT2D eigenvalue weighted by Gasteiger charge is -2.06. The predicted octanol–water partition coefficient (Wildman–Crippen LogP) is 1.43. The maximum absolute atomic E-state index is 11.7. The quantitative estimate of drug-likeness (QED) is 0.712. The minimum atomic E-state index is -0.108. The Kier molecular flexibility index (Phi) is 7.75. The van der Waals surface area contributed by atoms with Crippen LogP contribution in [-0.2, 0) is 14.3 Å². The highest BCUT2D eigenvalue weighted by Crippen LogP contribution is 2.09. The van der Waals surface area contributed by atoms with E-state index in [0.717, 1.165) is 11.3 Å². The lowest BCUT2D eigenvalue weighted by Crippen LogP contribution is -2.29. The van der Waals surface area contributed by atoms with Crippen molar-refractivity contribution in [1.29, 1.82) is 0 Å². The number of nitrogens with one attached hydrogen (secondary N) is 2. The molecule has 1 rings (SSSR count). The molecule has 0 radical (unpaired) electrons. The molecule has 0 spiro atoms. The summed E-state index contributed by atoms with van der Waals surface area (Å²) in [5.74, 6) is 0.329. The van der Waals surface area contributed by atoms with Crippen molar-refractivity contribution in [2.24, 2.45) is 0 Å². The highest BCUT2D eigenvalue weighted by molar-refractivity contribution is 8.00. The van der Waals surface area contributed by atoms with E-state index in [4.69, 9.17) is 4.74 Å². The van der Waals surface area contributed by atoms with E-state index in [1.807, 2.05) is 31.2 Å². The molecule has 6 heteroatoms. The molecule has 0 heterocycles. The number of thioether (sulfide) groups is 1. The second-order valence-corrected chi connectivity index (χ2v) is 5.24. The molecule has 0 bridgehead atoms. The van der Waals surface area contributed by atoms with Crippen LogP contribution in [0.3, 0.4) is 0 Å². The van der Waals surface area contributed by atoms with E-state index < -0.39 is 0 Å². The van der Waals surface area contributed by atoms with Gasteiger partial charge < -0.3 is 15.4 Å². The average molecular weight is 296 g/mol. The summed E-state index contributed by atoms with van der Waals surface area (Å²) in [6.07, 6.45) is 0. The van der Waals surface area contributed by atoms with Crippen molar-refractivity contribution in [3.05, 3.63) is 29.8 Å². The predicted molar refractivity (Wildman–Crippen MR) is 82.0 cm³/mol. The van der Waals surface area contributed by atoms with Gasteiger partial charge in [0.15, 0.2) is 0 Å².